The van der Waals surface area contributed by atoms with Gasteiger partial charge in [0.25, 0.3) is 5.91 Å². The van der Waals surface area contributed by atoms with E-state index < -0.39 is 0 Å². The maximum Gasteiger partial charge on any atom is 0.259 e. The molecule has 4 rings (SSSR count). The average Bonchev–Trinajstić information content (AvgIpc) is 2.79. The van der Waals surface area contributed by atoms with E-state index in [1.165, 1.54) is 0 Å². The molecule has 1 aliphatic rings. The normalized spacial score (nSPS) is 12.9. The van der Waals surface area contributed by atoms with Crippen LogP contribution in [0.5, 0.6) is 5.75 Å². The van der Waals surface area contributed by atoms with Gasteiger partial charge in [-0.05, 0) is 30.3 Å². The lowest BCUT2D eigenvalue weighted by Crippen LogP contribution is -2.10. The zero-order valence-electron chi connectivity index (χ0n) is 11.3. The van der Waals surface area contributed by atoms with Crippen molar-refractivity contribution in [3.8, 4) is 5.75 Å². The summed E-state index contributed by atoms with van der Waals surface area (Å²) in [5.41, 5.74) is 2.39. The molecule has 1 aromatic heterocycles. The van der Waals surface area contributed by atoms with Gasteiger partial charge in [0, 0.05) is 10.1 Å². The first kappa shape index (κ1) is 12.2. The van der Waals surface area contributed by atoms with Gasteiger partial charge in [0.2, 0.25) is 0 Å². The van der Waals surface area contributed by atoms with Crippen molar-refractivity contribution >= 4 is 43.7 Å². The highest BCUT2D eigenvalue weighted by molar-refractivity contribution is 7.23. The predicted octanol–water partition coefficient (Wildman–Crippen LogP) is 4.22. The first-order valence-corrected chi connectivity index (χ1v) is 7.36. The summed E-state index contributed by atoms with van der Waals surface area (Å²) >= 11 is 1.56. The van der Waals surface area contributed by atoms with E-state index in [2.05, 4.69) is 10.6 Å². The summed E-state index contributed by atoms with van der Waals surface area (Å²) in [6.07, 6.45) is 0. The molecule has 0 aliphatic carbocycles. The number of anilines is 3. The third-order valence-corrected chi connectivity index (χ3v) is 4.62. The summed E-state index contributed by atoms with van der Waals surface area (Å²) in [7, 11) is 1.64. The quantitative estimate of drug-likeness (QED) is 0.707. The molecule has 0 bridgehead atoms. The van der Waals surface area contributed by atoms with Gasteiger partial charge < -0.3 is 15.4 Å². The summed E-state index contributed by atoms with van der Waals surface area (Å²) in [5.74, 6) is 0.707. The van der Waals surface area contributed by atoms with Crippen molar-refractivity contribution in [2.24, 2.45) is 0 Å². The lowest BCUT2D eigenvalue weighted by Gasteiger charge is -2.06. The molecule has 0 spiro atoms. The zero-order chi connectivity index (χ0) is 14.4. The molecule has 0 radical (unpaired) electrons. The Kier molecular flexibility index (Phi) is 2.62. The molecule has 1 amide bonds. The highest BCUT2D eigenvalue weighted by Crippen LogP contribution is 2.42. The van der Waals surface area contributed by atoms with E-state index in [1.807, 2.05) is 42.5 Å². The number of carbonyl (C=O) groups is 1. The van der Waals surface area contributed by atoms with Crippen molar-refractivity contribution in [1.29, 1.82) is 0 Å². The number of thiophene rings is 1. The first-order chi connectivity index (χ1) is 10.3. The number of fused-ring (bicyclic) bond motifs is 4. The van der Waals surface area contributed by atoms with Crippen LogP contribution in [0.3, 0.4) is 0 Å². The van der Waals surface area contributed by atoms with Crippen molar-refractivity contribution in [2.75, 3.05) is 17.7 Å². The molecule has 0 atom stereocenters. The van der Waals surface area contributed by atoms with Gasteiger partial charge in [0.15, 0.2) is 0 Å². The standard InChI is InChI=1S/C16H12N2O2S/c1-20-9-6-7-10-13(8-9)21-16-14(10)15(19)17-11-4-2-3-5-12(11)18-16/h2-8,18H,1H3,(H,17,19). The molecule has 0 saturated carbocycles. The number of ether oxygens (including phenoxy) is 1. The summed E-state index contributed by atoms with van der Waals surface area (Å²) in [6, 6.07) is 13.5. The van der Waals surface area contributed by atoms with E-state index >= 15 is 0 Å². The number of rotatable bonds is 1. The Balaban J connectivity index is 1.94. The maximum atomic E-state index is 12.5. The van der Waals surface area contributed by atoms with Gasteiger partial charge >= 0.3 is 0 Å². The second-order valence-electron chi connectivity index (χ2n) is 4.79. The van der Waals surface area contributed by atoms with Crippen LogP contribution in [0.2, 0.25) is 0 Å². The van der Waals surface area contributed by atoms with Crippen LogP contribution in [0.4, 0.5) is 16.4 Å². The van der Waals surface area contributed by atoms with Crippen molar-refractivity contribution in [2.45, 2.75) is 0 Å². The van der Waals surface area contributed by atoms with Crippen LogP contribution in [0.1, 0.15) is 10.4 Å². The number of methoxy groups -OCH3 is 1. The number of hydrogen-bond donors (Lipinski definition) is 2. The summed E-state index contributed by atoms with van der Waals surface area (Å²) < 4.78 is 6.28. The Labute approximate surface area is 125 Å². The molecule has 4 nitrogen and oxygen atoms in total. The van der Waals surface area contributed by atoms with Crippen LogP contribution in [-0.2, 0) is 0 Å². The monoisotopic (exact) mass is 296 g/mol. The topological polar surface area (TPSA) is 50.4 Å². The Morgan fingerprint density at radius 2 is 1.81 bits per heavy atom. The van der Waals surface area contributed by atoms with Crippen LogP contribution >= 0.6 is 11.3 Å². The van der Waals surface area contributed by atoms with Crippen LogP contribution in [0.15, 0.2) is 42.5 Å². The molecule has 2 N–H and O–H groups in total. The lowest BCUT2D eigenvalue weighted by molar-refractivity contribution is 0.103. The number of amides is 1. The summed E-state index contributed by atoms with van der Waals surface area (Å²) in [5, 5.41) is 8.11. The fourth-order valence-electron chi connectivity index (χ4n) is 2.53. The van der Waals surface area contributed by atoms with E-state index in [0.29, 0.717) is 5.56 Å². The Morgan fingerprint density at radius 1 is 1.05 bits per heavy atom. The van der Waals surface area contributed by atoms with Crippen LogP contribution in [0.25, 0.3) is 10.1 Å². The van der Waals surface area contributed by atoms with Crippen LogP contribution in [-0.4, -0.2) is 13.0 Å². The lowest BCUT2D eigenvalue weighted by atomic mass is 10.1. The first-order valence-electron chi connectivity index (χ1n) is 6.54. The molecule has 3 aromatic rings. The molecule has 5 heteroatoms. The molecular weight excluding hydrogens is 284 g/mol. The number of nitrogens with one attached hydrogen (secondary N) is 2. The molecule has 21 heavy (non-hydrogen) atoms. The van der Waals surface area contributed by atoms with Crippen molar-refractivity contribution in [3.63, 3.8) is 0 Å². The molecule has 2 heterocycles. The number of para-hydroxylation sites is 2. The molecule has 0 unspecified atom stereocenters. The fourth-order valence-corrected chi connectivity index (χ4v) is 3.67. The summed E-state index contributed by atoms with van der Waals surface area (Å²) in [6.45, 7) is 0. The fraction of sp³-hybridized carbons (Fsp3) is 0.0625. The van der Waals surface area contributed by atoms with E-state index in [-0.39, 0.29) is 5.91 Å². The van der Waals surface area contributed by atoms with Crippen LogP contribution < -0.4 is 15.4 Å². The second-order valence-corrected chi connectivity index (χ2v) is 5.85. The zero-order valence-corrected chi connectivity index (χ0v) is 12.1. The molecule has 0 fully saturated rings. The molecular formula is C16H12N2O2S. The van der Waals surface area contributed by atoms with E-state index in [1.54, 1.807) is 18.4 Å². The van der Waals surface area contributed by atoms with Gasteiger partial charge in [-0.3, -0.25) is 4.79 Å². The highest BCUT2D eigenvalue weighted by atomic mass is 32.1. The minimum absolute atomic E-state index is 0.0844. The van der Waals surface area contributed by atoms with Crippen molar-refractivity contribution < 1.29 is 9.53 Å². The maximum absolute atomic E-state index is 12.5. The van der Waals surface area contributed by atoms with Crippen molar-refractivity contribution in [1.82, 2.24) is 0 Å². The minimum Gasteiger partial charge on any atom is -0.497 e. The van der Waals surface area contributed by atoms with E-state index in [0.717, 1.165) is 32.2 Å². The van der Waals surface area contributed by atoms with Crippen molar-refractivity contribution in [3.05, 3.63) is 48.0 Å². The van der Waals surface area contributed by atoms with Gasteiger partial charge in [-0.15, -0.1) is 11.3 Å². The average molecular weight is 296 g/mol. The SMILES string of the molecule is COc1ccc2c3c(sc2c1)Nc1ccccc1NC3=O. The number of hydrogen-bond acceptors (Lipinski definition) is 4. The minimum atomic E-state index is -0.0844. The van der Waals surface area contributed by atoms with Gasteiger partial charge in [-0.2, -0.15) is 0 Å². The Morgan fingerprint density at radius 3 is 2.57 bits per heavy atom. The smallest absolute Gasteiger partial charge is 0.259 e. The highest BCUT2D eigenvalue weighted by Gasteiger charge is 2.23. The molecule has 104 valence electrons. The third-order valence-electron chi connectivity index (χ3n) is 3.55. The second kappa shape index (κ2) is 4.49. The van der Waals surface area contributed by atoms with Gasteiger partial charge in [-0.25, -0.2) is 0 Å². The number of benzene rings is 2. The van der Waals surface area contributed by atoms with Gasteiger partial charge in [0.05, 0.1) is 24.0 Å². The molecule has 2 aromatic carbocycles. The van der Waals surface area contributed by atoms with Gasteiger partial charge in [0.1, 0.15) is 10.8 Å². The van der Waals surface area contributed by atoms with E-state index in [4.69, 9.17) is 4.74 Å². The molecule has 0 saturated heterocycles. The Bertz CT molecular complexity index is 870. The number of carbonyl (C=O) groups excluding carboxylic acids is 1. The third kappa shape index (κ3) is 1.86. The largest absolute Gasteiger partial charge is 0.497 e. The predicted molar refractivity (Wildman–Crippen MR) is 86.1 cm³/mol. The van der Waals surface area contributed by atoms with Crippen LogP contribution in [0, 0.1) is 0 Å². The molecule has 1 aliphatic heterocycles. The van der Waals surface area contributed by atoms with E-state index in [9.17, 15) is 4.79 Å². The van der Waals surface area contributed by atoms with Gasteiger partial charge in [-0.1, -0.05) is 12.1 Å². The Hall–Kier alpha value is -2.53. The summed E-state index contributed by atoms with van der Waals surface area (Å²) in [4.78, 5) is 12.5.